The van der Waals surface area contributed by atoms with Crippen molar-refractivity contribution in [2.24, 2.45) is 0 Å². The van der Waals surface area contributed by atoms with E-state index in [9.17, 15) is 0 Å². The van der Waals surface area contributed by atoms with Crippen LogP contribution in [0.1, 0.15) is 58.2 Å². The summed E-state index contributed by atoms with van der Waals surface area (Å²) in [5.74, 6) is 5.38. The van der Waals surface area contributed by atoms with Crippen LogP contribution in [-0.2, 0) is 21.1 Å². The molecule has 2 aromatic carbocycles. The second-order valence-electron chi connectivity index (χ2n) is 7.47. The third-order valence-corrected chi connectivity index (χ3v) is 11.4. The van der Waals surface area contributed by atoms with E-state index in [1.54, 1.807) is 31.4 Å². The fourth-order valence-corrected chi connectivity index (χ4v) is 5.81. The molecular weight excluding hydrogens is 633 g/mol. The van der Waals surface area contributed by atoms with E-state index < -0.39 is 0 Å². The zero-order chi connectivity index (χ0) is 25.5. The van der Waals surface area contributed by atoms with Crippen LogP contribution in [-0.4, -0.2) is 44.1 Å². The number of benzene rings is 2. The van der Waals surface area contributed by atoms with Gasteiger partial charge in [-0.1, -0.05) is 17.7 Å². The Morgan fingerprint density at radius 1 is 0.618 bits per heavy atom. The summed E-state index contributed by atoms with van der Waals surface area (Å²) < 4.78 is 4.92. The van der Waals surface area contributed by atoms with Gasteiger partial charge < -0.3 is 17.6 Å². The molecule has 190 valence electrons. The smallest absolute Gasteiger partial charge is 0.497 e. The minimum absolute atomic E-state index is 0. The third kappa shape index (κ3) is 20.3. The summed E-state index contributed by atoms with van der Waals surface area (Å²) in [4.78, 5) is 0. The van der Waals surface area contributed by atoms with Crippen molar-refractivity contribution in [1.82, 2.24) is 0 Å². The molecule has 4 heteroatoms. The number of rotatable bonds is 7. The fourth-order valence-electron chi connectivity index (χ4n) is 2.81. The molecule has 0 N–H and O–H groups in total. The first kappa shape index (κ1) is 37.5. The van der Waals surface area contributed by atoms with Gasteiger partial charge in [-0.2, -0.15) is 0 Å². The SMILES string of the molecule is CC[PH+](CC)CC.CC[PH+](CC)CC.[C-]#Cc1ccc(C)cc1.[C-]#Cc1ccc(OC)cc1.[Pt+2]. The summed E-state index contributed by atoms with van der Waals surface area (Å²) in [6, 6.07) is 14.9. The van der Waals surface area contributed by atoms with E-state index in [0.717, 1.165) is 16.9 Å². The van der Waals surface area contributed by atoms with Crippen molar-refractivity contribution in [3.63, 3.8) is 0 Å². The van der Waals surface area contributed by atoms with Crippen LogP contribution in [0.4, 0.5) is 0 Å². The molecule has 1 nitrogen and oxygen atoms in total. The second-order valence-corrected chi connectivity index (χ2v) is 14.7. The number of ether oxygens (including phenoxy) is 1. The van der Waals surface area contributed by atoms with Crippen molar-refractivity contribution in [2.75, 3.05) is 44.1 Å². The quantitative estimate of drug-likeness (QED) is 0.163. The topological polar surface area (TPSA) is 9.23 Å². The Hall–Kier alpha value is -1.09. The number of methoxy groups -OCH3 is 1. The van der Waals surface area contributed by atoms with E-state index in [1.807, 2.05) is 31.2 Å². The molecule has 0 aromatic heterocycles. The van der Waals surface area contributed by atoms with Gasteiger partial charge in [-0.3, -0.25) is 11.8 Å². The predicted molar refractivity (Wildman–Crippen MR) is 157 cm³/mol. The van der Waals surface area contributed by atoms with Gasteiger partial charge in [0.1, 0.15) is 5.75 Å². The number of aryl methyl sites for hydroxylation is 1. The van der Waals surface area contributed by atoms with Crippen molar-refractivity contribution in [1.29, 1.82) is 0 Å². The Morgan fingerprint density at radius 3 is 1.12 bits per heavy atom. The molecule has 0 bridgehead atoms. The maximum Gasteiger partial charge on any atom is 2.00 e. The van der Waals surface area contributed by atoms with Crippen molar-refractivity contribution >= 4 is 15.8 Å². The Balaban J connectivity index is -0.000000379. The minimum Gasteiger partial charge on any atom is -0.497 e. The van der Waals surface area contributed by atoms with Gasteiger partial charge in [0, 0.05) is 0 Å². The molecule has 0 amide bonds. The van der Waals surface area contributed by atoms with Gasteiger partial charge in [0.2, 0.25) is 0 Å². The molecule has 0 fully saturated rings. The van der Waals surface area contributed by atoms with E-state index in [1.165, 1.54) is 42.5 Å². The molecule has 0 aliphatic carbocycles. The maximum atomic E-state index is 6.78. The molecule has 0 spiro atoms. The summed E-state index contributed by atoms with van der Waals surface area (Å²) >= 11 is 0. The van der Waals surface area contributed by atoms with E-state index in [0.29, 0.717) is 0 Å². The summed E-state index contributed by atoms with van der Waals surface area (Å²) in [6.45, 7) is 15.9. The van der Waals surface area contributed by atoms with Gasteiger partial charge in [-0.15, -0.1) is 35.4 Å². The van der Waals surface area contributed by atoms with Crippen LogP contribution in [0, 0.1) is 31.6 Å². The van der Waals surface area contributed by atoms with Gasteiger partial charge >= 0.3 is 21.1 Å². The van der Waals surface area contributed by atoms with Crippen LogP contribution in [0.25, 0.3) is 0 Å². The Labute approximate surface area is 229 Å². The van der Waals surface area contributed by atoms with Crippen LogP contribution in [0.15, 0.2) is 48.5 Å². The molecule has 2 rings (SSSR count). The molecule has 0 aliphatic rings. The average molecular weight is 680 g/mol. The molecule has 34 heavy (non-hydrogen) atoms. The van der Waals surface area contributed by atoms with Crippen molar-refractivity contribution in [2.45, 2.75) is 48.5 Å². The van der Waals surface area contributed by atoms with Crippen LogP contribution in [0.5, 0.6) is 5.75 Å². The van der Waals surface area contributed by atoms with Crippen LogP contribution in [0.2, 0.25) is 0 Å². The maximum absolute atomic E-state index is 6.78. The first-order chi connectivity index (χ1) is 15.9. The molecular formula is C30H46OP2Pt+2. The summed E-state index contributed by atoms with van der Waals surface area (Å²) in [7, 11) is 1.89. The third-order valence-electron chi connectivity index (χ3n) is 5.43. The molecule has 0 saturated heterocycles. The Bertz CT molecular complexity index is 742. The normalized spacial score (nSPS) is 8.94. The van der Waals surface area contributed by atoms with E-state index in [-0.39, 0.29) is 36.9 Å². The Morgan fingerprint density at radius 2 is 0.912 bits per heavy atom. The first-order valence-electron chi connectivity index (χ1n) is 12.1. The molecule has 0 atom stereocenters. The van der Waals surface area contributed by atoms with E-state index >= 15 is 0 Å². The molecule has 0 unspecified atom stereocenters. The molecule has 0 heterocycles. The second kappa shape index (κ2) is 26.5. The molecule has 0 aliphatic heterocycles. The zero-order valence-electron chi connectivity index (χ0n) is 22.6. The number of hydrogen-bond donors (Lipinski definition) is 0. The standard InChI is InChI=1S/C9H7O.C9H7.2C6H15P.Pt/c1-3-8-4-6-9(10-2)7-5-8;1-3-9-6-4-8(2)5-7-9;2*1-4-7(5-2)6-3;/h4-7H,2H3;4-7H,2H3;2*4-6H2,1-3H3;/q2*-1;;;+2/p+2. The number of hydrogen-bond acceptors (Lipinski definition) is 1. The molecule has 0 saturated carbocycles. The fraction of sp³-hybridized carbons (Fsp3) is 0.467. The van der Waals surface area contributed by atoms with Crippen molar-refractivity contribution < 1.29 is 25.8 Å². The van der Waals surface area contributed by atoms with Gasteiger partial charge in [-0.25, -0.2) is 0 Å². The van der Waals surface area contributed by atoms with E-state index in [4.69, 9.17) is 17.6 Å². The van der Waals surface area contributed by atoms with Gasteiger partial charge in [0.05, 0.1) is 44.1 Å². The van der Waals surface area contributed by atoms with Crippen LogP contribution in [0.3, 0.4) is 0 Å². The minimum atomic E-state index is 0. The van der Waals surface area contributed by atoms with Crippen molar-refractivity contribution in [3.05, 3.63) is 78.1 Å². The summed E-state index contributed by atoms with van der Waals surface area (Å²) in [5.41, 5.74) is 2.82. The van der Waals surface area contributed by atoms with E-state index in [2.05, 4.69) is 53.4 Å². The molecule has 0 radical (unpaired) electrons. The van der Waals surface area contributed by atoms with Crippen molar-refractivity contribution in [3.8, 4) is 17.6 Å². The largest absolute Gasteiger partial charge is 2.00 e. The zero-order valence-corrected chi connectivity index (χ0v) is 26.9. The Kier molecular flexibility index (Phi) is 29.2. The first-order valence-corrected chi connectivity index (χ1v) is 16.4. The molecule has 2 aromatic rings. The summed E-state index contributed by atoms with van der Waals surface area (Å²) in [6.07, 6.45) is 22.3. The van der Waals surface area contributed by atoms with Crippen LogP contribution < -0.4 is 4.74 Å². The van der Waals surface area contributed by atoms with Crippen LogP contribution >= 0.6 is 15.8 Å². The summed E-state index contributed by atoms with van der Waals surface area (Å²) in [5, 5.41) is 0. The average Bonchev–Trinajstić information content (AvgIpc) is 2.88. The van der Waals surface area contributed by atoms with Gasteiger partial charge in [0.25, 0.3) is 0 Å². The van der Waals surface area contributed by atoms with Gasteiger partial charge in [0.15, 0.2) is 0 Å². The predicted octanol–water partition coefficient (Wildman–Crippen LogP) is 8.08. The van der Waals surface area contributed by atoms with Gasteiger partial charge in [-0.05, 0) is 76.4 Å². The monoisotopic (exact) mass is 679 g/mol.